The first-order valence-corrected chi connectivity index (χ1v) is 12.3. The highest BCUT2D eigenvalue weighted by Gasteiger charge is 2.13. The fraction of sp³-hybridized carbons (Fsp3) is 0.130. The van der Waals surface area contributed by atoms with Gasteiger partial charge >= 0.3 is 0 Å². The molecule has 158 valence electrons. The van der Waals surface area contributed by atoms with Crippen LogP contribution < -0.4 is 9.62 Å². The van der Waals surface area contributed by atoms with E-state index in [0.29, 0.717) is 10.8 Å². The second-order valence-corrected chi connectivity index (χ2v) is 10.1. The Bertz CT molecular complexity index is 1350. The van der Waals surface area contributed by atoms with E-state index < -0.39 is 10.0 Å². The van der Waals surface area contributed by atoms with Crippen LogP contribution in [0.1, 0.15) is 5.56 Å². The number of nitrogens with zero attached hydrogens (tertiary/aromatic N) is 2. The van der Waals surface area contributed by atoms with Crippen LogP contribution in [0.2, 0.25) is 0 Å². The standard InChI is InChI=1S/C23H21N3O3S2/c1-26(31(2,28)29)20-11-9-18(10-12-20)21-15-30-23(24-21)25-22(27)14-16-7-8-17-5-3-4-6-19(17)13-16/h3-13,15H,14H2,1-2H3,(H,24,25,27). The third-order valence-corrected chi connectivity index (χ3v) is 6.92. The molecular weight excluding hydrogens is 430 g/mol. The number of nitrogens with one attached hydrogen (secondary N) is 1. The van der Waals surface area contributed by atoms with Gasteiger partial charge in [-0.1, -0.05) is 54.6 Å². The predicted octanol–water partition coefficient (Wildman–Crippen LogP) is 4.54. The lowest BCUT2D eigenvalue weighted by Crippen LogP contribution is -2.24. The van der Waals surface area contributed by atoms with Crippen molar-refractivity contribution in [1.82, 2.24) is 4.98 Å². The molecule has 4 rings (SSSR count). The highest BCUT2D eigenvalue weighted by atomic mass is 32.2. The minimum atomic E-state index is -3.31. The number of aromatic nitrogens is 1. The van der Waals surface area contributed by atoms with Crippen LogP contribution in [-0.2, 0) is 21.2 Å². The maximum atomic E-state index is 12.5. The number of anilines is 2. The summed E-state index contributed by atoms with van der Waals surface area (Å²) in [4.78, 5) is 17.0. The van der Waals surface area contributed by atoms with Gasteiger partial charge < -0.3 is 5.32 Å². The zero-order valence-electron chi connectivity index (χ0n) is 17.1. The molecule has 0 atom stereocenters. The summed E-state index contributed by atoms with van der Waals surface area (Å²) >= 11 is 1.35. The van der Waals surface area contributed by atoms with Crippen molar-refractivity contribution >= 4 is 48.9 Å². The van der Waals surface area contributed by atoms with Gasteiger partial charge in [-0.2, -0.15) is 0 Å². The van der Waals surface area contributed by atoms with Crippen molar-refractivity contribution in [2.24, 2.45) is 0 Å². The molecule has 1 aromatic heterocycles. The van der Waals surface area contributed by atoms with Crippen LogP contribution in [0.5, 0.6) is 0 Å². The zero-order valence-corrected chi connectivity index (χ0v) is 18.7. The zero-order chi connectivity index (χ0) is 22.0. The SMILES string of the molecule is CN(c1ccc(-c2csc(NC(=O)Cc3ccc4ccccc4c3)n2)cc1)S(C)(=O)=O. The van der Waals surface area contributed by atoms with Gasteiger partial charge in [-0.3, -0.25) is 9.10 Å². The number of hydrogen-bond donors (Lipinski definition) is 1. The van der Waals surface area contributed by atoms with Crippen LogP contribution >= 0.6 is 11.3 Å². The van der Waals surface area contributed by atoms with Crippen molar-refractivity contribution in [2.45, 2.75) is 6.42 Å². The fourth-order valence-electron chi connectivity index (χ4n) is 3.19. The molecule has 0 spiro atoms. The molecule has 4 aromatic rings. The first-order valence-electron chi connectivity index (χ1n) is 9.57. The van der Waals surface area contributed by atoms with Crippen molar-refractivity contribution in [2.75, 3.05) is 22.9 Å². The number of rotatable bonds is 6. The molecule has 1 heterocycles. The van der Waals surface area contributed by atoms with Crippen LogP contribution in [0.4, 0.5) is 10.8 Å². The van der Waals surface area contributed by atoms with Gasteiger partial charge in [-0.05, 0) is 28.5 Å². The number of carbonyl (C=O) groups is 1. The Kier molecular flexibility index (Phi) is 5.75. The van der Waals surface area contributed by atoms with Crippen molar-refractivity contribution in [3.8, 4) is 11.3 Å². The van der Waals surface area contributed by atoms with Gasteiger partial charge in [0.25, 0.3) is 0 Å². The second kappa shape index (κ2) is 8.49. The van der Waals surface area contributed by atoms with Gasteiger partial charge in [-0.15, -0.1) is 11.3 Å². The smallest absolute Gasteiger partial charge is 0.231 e. The van der Waals surface area contributed by atoms with E-state index in [0.717, 1.165) is 33.8 Å². The van der Waals surface area contributed by atoms with Crippen LogP contribution in [0.3, 0.4) is 0 Å². The van der Waals surface area contributed by atoms with Gasteiger partial charge in [-0.25, -0.2) is 13.4 Å². The predicted molar refractivity (Wildman–Crippen MR) is 127 cm³/mol. The Balaban J connectivity index is 1.43. The van der Waals surface area contributed by atoms with Crippen LogP contribution in [0, 0.1) is 0 Å². The van der Waals surface area contributed by atoms with E-state index >= 15 is 0 Å². The monoisotopic (exact) mass is 451 g/mol. The van der Waals surface area contributed by atoms with Crippen LogP contribution in [-0.4, -0.2) is 32.6 Å². The highest BCUT2D eigenvalue weighted by Crippen LogP contribution is 2.27. The van der Waals surface area contributed by atoms with Gasteiger partial charge in [0.15, 0.2) is 5.13 Å². The third-order valence-electron chi connectivity index (χ3n) is 4.95. The summed E-state index contributed by atoms with van der Waals surface area (Å²) < 4.78 is 24.5. The van der Waals surface area contributed by atoms with E-state index in [1.165, 1.54) is 22.7 Å². The van der Waals surface area contributed by atoms with Gasteiger partial charge in [0.1, 0.15) is 0 Å². The topological polar surface area (TPSA) is 79.4 Å². The number of hydrogen-bond acceptors (Lipinski definition) is 5. The normalized spacial score (nSPS) is 11.4. The molecule has 0 unspecified atom stereocenters. The Morgan fingerprint density at radius 3 is 2.45 bits per heavy atom. The Labute approximate surface area is 185 Å². The number of amides is 1. The first-order chi connectivity index (χ1) is 14.8. The Morgan fingerprint density at radius 2 is 1.74 bits per heavy atom. The molecular formula is C23H21N3O3S2. The molecule has 0 aliphatic heterocycles. The molecule has 0 saturated carbocycles. The fourth-order valence-corrected chi connectivity index (χ4v) is 4.44. The number of benzene rings is 3. The molecule has 0 saturated heterocycles. The van der Waals surface area contributed by atoms with Crippen LogP contribution in [0.15, 0.2) is 72.1 Å². The maximum absolute atomic E-state index is 12.5. The van der Waals surface area contributed by atoms with E-state index in [-0.39, 0.29) is 12.3 Å². The molecule has 0 radical (unpaired) electrons. The summed E-state index contributed by atoms with van der Waals surface area (Å²) in [7, 11) is -1.80. The summed E-state index contributed by atoms with van der Waals surface area (Å²) in [5, 5.41) is 7.50. The first kappa shape index (κ1) is 21.0. The molecule has 0 fully saturated rings. The van der Waals surface area contributed by atoms with Gasteiger partial charge in [0.05, 0.1) is 24.1 Å². The molecule has 0 aliphatic rings. The molecule has 8 heteroatoms. The summed E-state index contributed by atoms with van der Waals surface area (Å²) in [6, 6.07) is 21.1. The average molecular weight is 452 g/mol. The van der Waals surface area contributed by atoms with E-state index in [1.807, 2.05) is 60.0 Å². The Morgan fingerprint density at radius 1 is 1.03 bits per heavy atom. The van der Waals surface area contributed by atoms with E-state index in [9.17, 15) is 13.2 Å². The number of carbonyl (C=O) groups excluding carboxylic acids is 1. The summed E-state index contributed by atoms with van der Waals surface area (Å²) in [6.45, 7) is 0. The molecule has 6 nitrogen and oxygen atoms in total. The van der Waals surface area contributed by atoms with E-state index in [1.54, 1.807) is 12.1 Å². The molecule has 3 aromatic carbocycles. The average Bonchev–Trinajstić information content (AvgIpc) is 3.21. The molecule has 31 heavy (non-hydrogen) atoms. The van der Waals surface area contributed by atoms with E-state index in [4.69, 9.17) is 0 Å². The van der Waals surface area contributed by atoms with Crippen LogP contribution in [0.25, 0.3) is 22.0 Å². The highest BCUT2D eigenvalue weighted by molar-refractivity contribution is 7.92. The van der Waals surface area contributed by atoms with E-state index in [2.05, 4.69) is 10.3 Å². The van der Waals surface area contributed by atoms with Crippen molar-refractivity contribution in [3.63, 3.8) is 0 Å². The second-order valence-electron chi connectivity index (χ2n) is 7.22. The third kappa shape index (κ3) is 4.92. The summed E-state index contributed by atoms with van der Waals surface area (Å²) in [6.07, 6.45) is 1.43. The largest absolute Gasteiger partial charge is 0.302 e. The number of thiazole rings is 1. The molecule has 0 bridgehead atoms. The summed E-state index contributed by atoms with van der Waals surface area (Å²) in [5.41, 5.74) is 3.08. The number of fused-ring (bicyclic) bond motifs is 1. The van der Waals surface area contributed by atoms with Crippen molar-refractivity contribution in [1.29, 1.82) is 0 Å². The Hall–Kier alpha value is -3.23. The van der Waals surface area contributed by atoms with Crippen molar-refractivity contribution < 1.29 is 13.2 Å². The van der Waals surface area contributed by atoms with Crippen molar-refractivity contribution in [3.05, 3.63) is 77.7 Å². The quantitative estimate of drug-likeness (QED) is 0.467. The molecule has 1 N–H and O–H groups in total. The minimum absolute atomic E-state index is 0.124. The lowest BCUT2D eigenvalue weighted by Gasteiger charge is -2.16. The van der Waals surface area contributed by atoms with Gasteiger partial charge in [0.2, 0.25) is 15.9 Å². The molecule has 1 amide bonds. The summed E-state index contributed by atoms with van der Waals surface area (Å²) in [5.74, 6) is -0.124. The lowest BCUT2D eigenvalue weighted by molar-refractivity contribution is -0.115. The molecule has 0 aliphatic carbocycles. The van der Waals surface area contributed by atoms with Gasteiger partial charge in [0, 0.05) is 18.0 Å². The lowest BCUT2D eigenvalue weighted by atomic mass is 10.1. The number of sulfonamides is 1. The maximum Gasteiger partial charge on any atom is 0.231 e. The minimum Gasteiger partial charge on any atom is -0.302 e.